The maximum absolute atomic E-state index is 11.5. The third-order valence-electron chi connectivity index (χ3n) is 5.16. The van der Waals surface area contributed by atoms with Gasteiger partial charge in [0.15, 0.2) is 0 Å². The molecule has 0 amide bonds. The predicted octanol–water partition coefficient (Wildman–Crippen LogP) is 5.51. The Hall–Kier alpha value is -0.705. The molecule has 0 aromatic heterocycles. The summed E-state index contributed by atoms with van der Waals surface area (Å²) in [5, 5.41) is 9.52. The van der Waals surface area contributed by atoms with E-state index in [1.165, 1.54) is 5.56 Å². The molecular formula is C19H26BCl2NO2. The molecule has 1 saturated heterocycles. The smallest absolute Gasteiger partial charge is 0.300 e. The molecular weight excluding hydrogens is 356 g/mol. The van der Waals surface area contributed by atoms with Gasteiger partial charge in [-0.15, -0.1) is 0 Å². The van der Waals surface area contributed by atoms with E-state index in [0.717, 1.165) is 45.2 Å². The van der Waals surface area contributed by atoms with Gasteiger partial charge in [-0.1, -0.05) is 49.0 Å². The zero-order valence-corrected chi connectivity index (χ0v) is 16.3. The highest BCUT2D eigenvalue weighted by Gasteiger charge is 2.32. The molecule has 2 unspecified atom stereocenters. The summed E-state index contributed by atoms with van der Waals surface area (Å²) >= 11 is 12.2. The number of benzene rings is 1. The molecule has 1 fully saturated rings. The Morgan fingerprint density at radius 1 is 1.32 bits per heavy atom. The number of rotatable bonds is 9. The normalized spacial score (nSPS) is 20.5. The van der Waals surface area contributed by atoms with Gasteiger partial charge >= 0.3 is 5.97 Å². The fraction of sp³-hybridized carbons (Fsp3) is 0.632. The maximum atomic E-state index is 11.5. The fourth-order valence-electron chi connectivity index (χ4n) is 3.62. The van der Waals surface area contributed by atoms with Crippen molar-refractivity contribution in [2.45, 2.75) is 63.2 Å². The number of carbonyl (C=O) groups is 1. The standard InChI is InChI=1S/C19H26BCl2NO2/c1-2-3-9-19(20,18(24)25)10-5-12-23-11-4-6-17(23)14-7-8-15(21)16(22)13-14/h7-8,13,17H,2-6,9-12H2,1H3,(H,24,25). The third-order valence-corrected chi connectivity index (χ3v) is 5.90. The van der Waals surface area contributed by atoms with Gasteiger partial charge in [0, 0.05) is 11.4 Å². The van der Waals surface area contributed by atoms with Crippen LogP contribution in [-0.4, -0.2) is 36.9 Å². The monoisotopic (exact) mass is 381 g/mol. The lowest BCUT2D eigenvalue weighted by Gasteiger charge is -2.29. The highest BCUT2D eigenvalue weighted by atomic mass is 35.5. The number of aliphatic carboxylic acids is 1. The van der Waals surface area contributed by atoms with Gasteiger partial charge < -0.3 is 5.11 Å². The molecule has 0 spiro atoms. The highest BCUT2D eigenvalue weighted by Crippen LogP contribution is 2.38. The first-order chi connectivity index (χ1) is 11.9. The van der Waals surface area contributed by atoms with Gasteiger partial charge in [0.1, 0.15) is 0 Å². The number of nitrogens with zero attached hydrogens (tertiary/aromatic N) is 1. The zero-order chi connectivity index (χ0) is 18.4. The SMILES string of the molecule is [B]C(CCCC)(CCCN1CCCC1c1ccc(Cl)c(Cl)c1)C(=O)O. The Morgan fingerprint density at radius 2 is 2.04 bits per heavy atom. The van der Waals surface area contributed by atoms with Crippen LogP contribution in [0.15, 0.2) is 18.2 Å². The fourth-order valence-corrected chi connectivity index (χ4v) is 3.93. The van der Waals surface area contributed by atoms with Crippen LogP contribution in [0.1, 0.15) is 63.5 Å². The van der Waals surface area contributed by atoms with Crippen LogP contribution in [0.2, 0.25) is 15.4 Å². The van der Waals surface area contributed by atoms with E-state index in [9.17, 15) is 9.90 Å². The number of unbranched alkanes of at least 4 members (excludes halogenated alkanes) is 1. The minimum Gasteiger partial charge on any atom is -0.481 e. The molecule has 2 radical (unpaired) electrons. The van der Waals surface area contributed by atoms with E-state index in [4.69, 9.17) is 31.0 Å². The molecule has 1 aliphatic rings. The number of hydrogen-bond donors (Lipinski definition) is 1. The first-order valence-electron chi connectivity index (χ1n) is 9.08. The Labute approximate surface area is 162 Å². The Kier molecular flexibility index (Phi) is 7.66. The Balaban J connectivity index is 1.94. The quantitative estimate of drug-likeness (QED) is 0.573. The lowest BCUT2D eigenvalue weighted by atomic mass is 9.63. The summed E-state index contributed by atoms with van der Waals surface area (Å²) < 4.78 is 0. The molecule has 1 heterocycles. The lowest BCUT2D eigenvalue weighted by Crippen LogP contribution is -2.28. The van der Waals surface area contributed by atoms with Crippen LogP contribution in [0.3, 0.4) is 0 Å². The lowest BCUT2D eigenvalue weighted by molar-refractivity contribution is -0.141. The van der Waals surface area contributed by atoms with Crippen molar-refractivity contribution < 1.29 is 9.90 Å². The van der Waals surface area contributed by atoms with E-state index in [1.54, 1.807) is 0 Å². The van der Waals surface area contributed by atoms with Crippen LogP contribution in [0.4, 0.5) is 0 Å². The van der Waals surface area contributed by atoms with Crippen LogP contribution >= 0.6 is 23.2 Å². The van der Waals surface area contributed by atoms with Crippen molar-refractivity contribution in [3.05, 3.63) is 33.8 Å². The van der Waals surface area contributed by atoms with Crippen molar-refractivity contribution in [3.8, 4) is 0 Å². The number of hydrogen-bond acceptors (Lipinski definition) is 2. The van der Waals surface area contributed by atoms with Gasteiger partial charge in [-0.05, 0) is 62.9 Å². The third kappa shape index (κ3) is 5.38. The predicted molar refractivity (Wildman–Crippen MR) is 105 cm³/mol. The first kappa shape index (κ1) is 20.6. The molecule has 1 aromatic carbocycles. The van der Waals surface area contributed by atoms with Gasteiger partial charge in [0.25, 0.3) is 0 Å². The van der Waals surface area contributed by atoms with Gasteiger partial charge in [0.2, 0.25) is 0 Å². The summed E-state index contributed by atoms with van der Waals surface area (Å²) in [6.07, 6.45) is 5.84. The van der Waals surface area contributed by atoms with Crippen molar-refractivity contribution in [3.63, 3.8) is 0 Å². The minimum absolute atomic E-state index is 0.322. The molecule has 2 atom stereocenters. The second-order valence-corrected chi connectivity index (χ2v) is 7.85. The summed E-state index contributed by atoms with van der Waals surface area (Å²) in [7, 11) is 6.14. The molecule has 3 nitrogen and oxygen atoms in total. The molecule has 1 N–H and O–H groups in total. The molecule has 6 heteroatoms. The Bertz CT molecular complexity index is 599. The van der Waals surface area contributed by atoms with Gasteiger partial charge in [-0.3, -0.25) is 9.69 Å². The van der Waals surface area contributed by atoms with Crippen LogP contribution < -0.4 is 0 Å². The highest BCUT2D eigenvalue weighted by molar-refractivity contribution is 6.42. The molecule has 2 rings (SSSR count). The zero-order valence-electron chi connectivity index (χ0n) is 14.8. The number of halogens is 2. The van der Waals surface area contributed by atoms with Gasteiger partial charge in [0.05, 0.1) is 17.9 Å². The number of carboxylic acid groups (broad SMARTS) is 1. The molecule has 0 aliphatic carbocycles. The van der Waals surface area contributed by atoms with Crippen molar-refractivity contribution >= 4 is 37.0 Å². The van der Waals surface area contributed by atoms with Crippen LogP contribution in [0.5, 0.6) is 0 Å². The average Bonchev–Trinajstić information content (AvgIpc) is 3.04. The minimum atomic E-state index is -1.10. The molecule has 0 saturated carbocycles. The van der Waals surface area contributed by atoms with E-state index < -0.39 is 11.3 Å². The van der Waals surface area contributed by atoms with E-state index >= 15 is 0 Å². The van der Waals surface area contributed by atoms with Crippen LogP contribution in [0.25, 0.3) is 0 Å². The van der Waals surface area contributed by atoms with E-state index in [1.807, 2.05) is 25.1 Å². The summed E-state index contributed by atoms with van der Waals surface area (Å²) in [5.74, 6) is -0.886. The van der Waals surface area contributed by atoms with Crippen molar-refractivity contribution in [1.29, 1.82) is 0 Å². The molecule has 25 heavy (non-hydrogen) atoms. The second-order valence-electron chi connectivity index (χ2n) is 7.04. The summed E-state index contributed by atoms with van der Waals surface area (Å²) in [6.45, 7) is 3.92. The molecule has 0 bridgehead atoms. The van der Waals surface area contributed by atoms with Gasteiger partial charge in [-0.2, -0.15) is 0 Å². The number of carboxylic acids is 1. The van der Waals surface area contributed by atoms with Crippen molar-refractivity contribution in [2.75, 3.05) is 13.1 Å². The number of likely N-dealkylation sites (tertiary alicyclic amines) is 1. The molecule has 1 aromatic rings. The summed E-state index contributed by atoms with van der Waals surface area (Å²) in [4.78, 5) is 13.9. The summed E-state index contributed by atoms with van der Waals surface area (Å²) in [6, 6.07) is 6.14. The Morgan fingerprint density at radius 3 is 2.68 bits per heavy atom. The molecule has 1 aliphatic heterocycles. The average molecular weight is 382 g/mol. The maximum Gasteiger partial charge on any atom is 0.300 e. The van der Waals surface area contributed by atoms with Crippen molar-refractivity contribution in [1.82, 2.24) is 4.90 Å². The van der Waals surface area contributed by atoms with Gasteiger partial charge in [-0.25, -0.2) is 0 Å². The van der Waals surface area contributed by atoms with Crippen LogP contribution in [0, 0.1) is 0 Å². The van der Waals surface area contributed by atoms with Crippen molar-refractivity contribution in [2.24, 2.45) is 0 Å². The topological polar surface area (TPSA) is 40.5 Å². The van der Waals surface area contributed by atoms with E-state index in [2.05, 4.69) is 4.90 Å². The second kappa shape index (κ2) is 9.29. The van der Waals surface area contributed by atoms with E-state index in [0.29, 0.717) is 28.9 Å². The largest absolute Gasteiger partial charge is 0.481 e. The van der Waals surface area contributed by atoms with Crippen LogP contribution in [-0.2, 0) is 4.79 Å². The molecule has 136 valence electrons. The first-order valence-corrected chi connectivity index (χ1v) is 9.84. The van der Waals surface area contributed by atoms with E-state index in [-0.39, 0.29) is 0 Å². The summed E-state index contributed by atoms with van der Waals surface area (Å²) in [5.41, 5.74) is 1.18.